The van der Waals surface area contributed by atoms with E-state index in [2.05, 4.69) is 19.1 Å². The Hall–Kier alpha value is -0.790. The molecule has 0 saturated carbocycles. The molecule has 0 aromatic rings. The van der Waals surface area contributed by atoms with Gasteiger partial charge in [0.05, 0.1) is 0 Å². The van der Waals surface area contributed by atoms with Crippen LogP contribution in [0.5, 0.6) is 0 Å². The lowest BCUT2D eigenvalue weighted by atomic mass is 9.75. The molecular formula is C12H20O2. The molecule has 14 heavy (non-hydrogen) atoms. The van der Waals surface area contributed by atoms with E-state index < -0.39 is 0 Å². The Kier molecular flexibility index (Phi) is 3.35. The van der Waals surface area contributed by atoms with E-state index in [-0.39, 0.29) is 11.6 Å². The average Bonchev–Trinajstić information content (AvgIpc) is 2.02. The molecule has 0 fully saturated rings. The quantitative estimate of drug-likeness (QED) is 0.501. The van der Waals surface area contributed by atoms with Crippen molar-refractivity contribution in [3.05, 3.63) is 12.2 Å². The van der Waals surface area contributed by atoms with Crippen LogP contribution in [0.25, 0.3) is 0 Å². The molecule has 0 N–H and O–H groups in total. The van der Waals surface area contributed by atoms with Gasteiger partial charge in [0.15, 0.2) is 0 Å². The van der Waals surface area contributed by atoms with Crippen LogP contribution < -0.4 is 0 Å². The molecule has 0 bridgehead atoms. The maximum Gasteiger partial charge on any atom is 0.303 e. The van der Waals surface area contributed by atoms with Gasteiger partial charge in [-0.2, -0.15) is 0 Å². The molecule has 0 heterocycles. The highest BCUT2D eigenvalue weighted by Crippen LogP contribution is 2.36. The largest absolute Gasteiger partial charge is 0.460 e. The normalized spacial score (nSPS) is 27.4. The molecule has 1 aliphatic rings. The summed E-state index contributed by atoms with van der Waals surface area (Å²) in [6, 6.07) is 0. The summed E-state index contributed by atoms with van der Waals surface area (Å²) in [5.41, 5.74) is -0.337. The topological polar surface area (TPSA) is 26.3 Å². The van der Waals surface area contributed by atoms with Gasteiger partial charge in [0, 0.05) is 12.8 Å². The van der Waals surface area contributed by atoms with Crippen LogP contribution in [0, 0.1) is 11.8 Å². The molecule has 0 aromatic heterocycles. The van der Waals surface area contributed by atoms with Gasteiger partial charge in [-0.3, -0.25) is 4.79 Å². The van der Waals surface area contributed by atoms with Crippen LogP contribution in [-0.4, -0.2) is 11.6 Å². The zero-order valence-corrected chi connectivity index (χ0v) is 9.54. The first-order valence-electron chi connectivity index (χ1n) is 5.28. The van der Waals surface area contributed by atoms with E-state index >= 15 is 0 Å². The molecule has 0 amide bonds. The van der Waals surface area contributed by atoms with Crippen LogP contribution in [0.15, 0.2) is 12.2 Å². The molecule has 0 aromatic carbocycles. The molecule has 0 radical (unpaired) electrons. The van der Waals surface area contributed by atoms with Crippen molar-refractivity contribution in [1.82, 2.24) is 0 Å². The van der Waals surface area contributed by atoms with E-state index in [1.807, 2.05) is 13.8 Å². The molecule has 80 valence electrons. The van der Waals surface area contributed by atoms with Crippen LogP contribution in [0.4, 0.5) is 0 Å². The van der Waals surface area contributed by atoms with Gasteiger partial charge >= 0.3 is 5.97 Å². The minimum atomic E-state index is -0.337. The maximum atomic E-state index is 11.0. The van der Waals surface area contributed by atoms with Gasteiger partial charge in [-0.15, -0.1) is 0 Å². The highest BCUT2D eigenvalue weighted by molar-refractivity contribution is 5.66. The SMILES string of the molecule is CC(=O)OC(C)(C)C1CC=CCC1C. The highest BCUT2D eigenvalue weighted by Gasteiger charge is 2.36. The summed E-state index contributed by atoms with van der Waals surface area (Å²) in [4.78, 5) is 11.0. The number of carbonyl (C=O) groups excluding carboxylic acids is 1. The van der Waals surface area contributed by atoms with Gasteiger partial charge in [-0.05, 0) is 32.6 Å². The van der Waals surface area contributed by atoms with E-state index in [1.165, 1.54) is 6.92 Å². The van der Waals surface area contributed by atoms with Gasteiger partial charge in [0.2, 0.25) is 0 Å². The Balaban J connectivity index is 2.70. The van der Waals surface area contributed by atoms with E-state index in [0.717, 1.165) is 12.8 Å². The van der Waals surface area contributed by atoms with E-state index in [0.29, 0.717) is 11.8 Å². The van der Waals surface area contributed by atoms with Crippen molar-refractivity contribution in [1.29, 1.82) is 0 Å². The molecular weight excluding hydrogens is 176 g/mol. The number of ether oxygens (including phenoxy) is 1. The van der Waals surface area contributed by atoms with Crippen molar-refractivity contribution in [2.24, 2.45) is 11.8 Å². The Morgan fingerprint density at radius 1 is 1.36 bits per heavy atom. The van der Waals surface area contributed by atoms with Crippen molar-refractivity contribution in [2.45, 2.75) is 46.1 Å². The van der Waals surface area contributed by atoms with E-state index in [4.69, 9.17) is 4.74 Å². The lowest BCUT2D eigenvalue weighted by Gasteiger charge is -2.38. The molecule has 2 nitrogen and oxygen atoms in total. The summed E-state index contributed by atoms with van der Waals surface area (Å²) in [6.45, 7) is 7.72. The minimum absolute atomic E-state index is 0.184. The Morgan fingerprint density at radius 2 is 1.93 bits per heavy atom. The molecule has 2 unspecified atom stereocenters. The fourth-order valence-electron chi connectivity index (χ4n) is 2.37. The Bertz CT molecular complexity index is 241. The summed E-state index contributed by atoms with van der Waals surface area (Å²) in [6.07, 6.45) is 6.51. The summed E-state index contributed by atoms with van der Waals surface area (Å²) < 4.78 is 5.37. The second kappa shape index (κ2) is 4.16. The second-order valence-corrected chi connectivity index (χ2v) is 4.72. The number of hydrogen-bond acceptors (Lipinski definition) is 2. The summed E-state index contributed by atoms with van der Waals surface area (Å²) in [5, 5.41) is 0. The molecule has 1 aliphatic carbocycles. The van der Waals surface area contributed by atoms with E-state index in [9.17, 15) is 4.79 Å². The predicted molar refractivity (Wildman–Crippen MR) is 56.9 cm³/mol. The first kappa shape index (κ1) is 11.3. The molecule has 0 saturated heterocycles. The zero-order valence-electron chi connectivity index (χ0n) is 9.54. The van der Waals surface area contributed by atoms with Crippen LogP contribution in [0.1, 0.15) is 40.5 Å². The zero-order chi connectivity index (χ0) is 10.8. The van der Waals surface area contributed by atoms with Gasteiger partial charge in [0.25, 0.3) is 0 Å². The Labute approximate surface area is 86.3 Å². The lowest BCUT2D eigenvalue weighted by molar-refractivity contribution is -0.161. The molecule has 1 rings (SSSR count). The summed E-state index contributed by atoms with van der Waals surface area (Å²) in [7, 11) is 0. The molecule has 0 aliphatic heterocycles. The van der Waals surface area contributed by atoms with Gasteiger partial charge in [0.1, 0.15) is 5.60 Å². The second-order valence-electron chi connectivity index (χ2n) is 4.72. The number of allylic oxidation sites excluding steroid dienone is 2. The number of rotatable bonds is 2. The highest BCUT2D eigenvalue weighted by atomic mass is 16.6. The first-order chi connectivity index (χ1) is 6.43. The van der Waals surface area contributed by atoms with Crippen molar-refractivity contribution in [2.75, 3.05) is 0 Å². The van der Waals surface area contributed by atoms with Crippen molar-refractivity contribution < 1.29 is 9.53 Å². The van der Waals surface area contributed by atoms with Crippen LogP contribution >= 0.6 is 0 Å². The van der Waals surface area contributed by atoms with Crippen LogP contribution in [0.2, 0.25) is 0 Å². The third-order valence-electron chi connectivity index (χ3n) is 3.05. The van der Waals surface area contributed by atoms with E-state index in [1.54, 1.807) is 0 Å². The summed E-state index contributed by atoms with van der Waals surface area (Å²) in [5.74, 6) is 0.850. The van der Waals surface area contributed by atoms with Gasteiger partial charge < -0.3 is 4.74 Å². The van der Waals surface area contributed by atoms with Gasteiger partial charge in [-0.25, -0.2) is 0 Å². The monoisotopic (exact) mass is 196 g/mol. The third-order valence-corrected chi connectivity index (χ3v) is 3.05. The van der Waals surface area contributed by atoms with Crippen molar-refractivity contribution >= 4 is 5.97 Å². The van der Waals surface area contributed by atoms with Crippen molar-refractivity contribution in [3.63, 3.8) is 0 Å². The predicted octanol–water partition coefficient (Wildman–Crippen LogP) is 2.93. The minimum Gasteiger partial charge on any atom is -0.460 e. The average molecular weight is 196 g/mol. The molecule has 0 spiro atoms. The maximum absolute atomic E-state index is 11.0. The standard InChI is InChI=1S/C12H20O2/c1-9-7-5-6-8-11(9)12(3,4)14-10(2)13/h5-6,9,11H,7-8H2,1-4H3. The van der Waals surface area contributed by atoms with Crippen LogP contribution in [0.3, 0.4) is 0 Å². The third kappa shape index (κ3) is 2.60. The van der Waals surface area contributed by atoms with Crippen LogP contribution in [-0.2, 0) is 9.53 Å². The smallest absolute Gasteiger partial charge is 0.303 e. The molecule has 2 heteroatoms. The Morgan fingerprint density at radius 3 is 2.43 bits per heavy atom. The summed E-state index contributed by atoms with van der Waals surface area (Å²) >= 11 is 0. The van der Waals surface area contributed by atoms with Gasteiger partial charge in [-0.1, -0.05) is 19.1 Å². The number of esters is 1. The van der Waals surface area contributed by atoms with Crippen molar-refractivity contribution in [3.8, 4) is 0 Å². The fourth-order valence-corrected chi connectivity index (χ4v) is 2.37. The lowest BCUT2D eigenvalue weighted by Crippen LogP contribution is -2.40. The fraction of sp³-hybridized carbons (Fsp3) is 0.750. The number of hydrogen-bond donors (Lipinski definition) is 0. The molecule has 2 atom stereocenters. The number of carbonyl (C=O) groups is 1. The first-order valence-corrected chi connectivity index (χ1v) is 5.28.